The van der Waals surface area contributed by atoms with E-state index < -0.39 is 5.97 Å². The first-order chi connectivity index (χ1) is 13.4. The summed E-state index contributed by atoms with van der Waals surface area (Å²) in [6, 6.07) is 16.2. The van der Waals surface area contributed by atoms with Gasteiger partial charge >= 0.3 is 5.97 Å². The molecule has 0 aliphatic rings. The van der Waals surface area contributed by atoms with Gasteiger partial charge in [0.05, 0.1) is 0 Å². The van der Waals surface area contributed by atoms with Crippen LogP contribution in [-0.2, 0) is 11.3 Å². The maximum Gasteiger partial charge on any atom is 0.374 e. The normalized spacial score (nSPS) is 10.5. The first-order valence-electron chi connectivity index (χ1n) is 8.99. The Balaban J connectivity index is 1.56. The molecule has 0 amide bonds. The van der Waals surface area contributed by atoms with Gasteiger partial charge in [-0.05, 0) is 67.8 Å². The predicted molar refractivity (Wildman–Crippen MR) is 105 cm³/mol. The first-order valence-corrected chi connectivity index (χ1v) is 8.99. The molecule has 0 saturated heterocycles. The summed E-state index contributed by atoms with van der Waals surface area (Å²) in [7, 11) is 0. The zero-order valence-electron chi connectivity index (χ0n) is 16.2. The third-order valence-electron chi connectivity index (χ3n) is 4.46. The average molecular weight is 378 g/mol. The maximum atomic E-state index is 12.4. The molecular weight excluding hydrogens is 356 g/mol. The molecule has 0 aliphatic carbocycles. The van der Waals surface area contributed by atoms with Crippen molar-refractivity contribution in [1.82, 2.24) is 0 Å². The van der Waals surface area contributed by atoms with Crippen molar-refractivity contribution in [2.75, 3.05) is 6.61 Å². The van der Waals surface area contributed by atoms with Gasteiger partial charge in [-0.15, -0.1) is 0 Å². The molecule has 3 aromatic rings. The second-order valence-electron chi connectivity index (χ2n) is 6.62. The molecule has 0 aliphatic heterocycles. The summed E-state index contributed by atoms with van der Waals surface area (Å²) >= 11 is 0. The summed E-state index contributed by atoms with van der Waals surface area (Å²) in [5.74, 6) is 0.315. The molecule has 0 saturated carbocycles. The zero-order chi connectivity index (χ0) is 20.1. The van der Waals surface area contributed by atoms with Crippen molar-refractivity contribution >= 4 is 11.8 Å². The number of aryl methyl sites for hydroxylation is 3. The van der Waals surface area contributed by atoms with E-state index in [0.717, 1.165) is 16.7 Å². The van der Waals surface area contributed by atoms with Crippen molar-refractivity contribution in [2.45, 2.75) is 27.4 Å². The highest BCUT2D eigenvalue weighted by Gasteiger charge is 2.17. The van der Waals surface area contributed by atoms with E-state index in [1.807, 2.05) is 63.2 Å². The highest BCUT2D eigenvalue weighted by Crippen LogP contribution is 2.17. The lowest BCUT2D eigenvalue weighted by molar-refractivity contribution is 0.0440. The van der Waals surface area contributed by atoms with E-state index in [-0.39, 0.29) is 24.8 Å². The quantitative estimate of drug-likeness (QED) is 0.435. The number of hydrogen-bond acceptors (Lipinski definition) is 5. The van der Waals surface area contributed by atoms with Crippen LogP contribution in [0.1, 0.15) is 43.4 Å². The molecule has 0 spiro atoms. The molecule has 5 heteroatoms. The molecule has 5 nitrogen and oxygen atoms in total. The van der Waals surface area contributed by atoms with Gasteiger partial charge in [-0.1, -0.05) is 24.3 Å². The summed E-state index contributed by atoms with van der Waals surface area (Å²) in [6.07, 6.45) is 0. The largest absolute Gasteiger partial charge is 0.486 e. The van der Waals surface area contributed by atoms with Crippen LogP contribution in [-0.4, -0.2) is 18.4 Å². The van der Waals surface area contributed by atoms with Crippen LogP contribution < -0.4 is 4.74 Å². The molecular formula is C23H22O5. The van der Waals surface area contributed by atoms with E-state index in [9.17, 15) is 9.59 Å². The minimum Gasteiger partial charge on any atom is -0.486 e. The van der Waals surface area contributed by atoms with Gasteiger partial charge in [0.1, 0.15) is 18.1 Å². The van der Waals surface area contributed by atoms with Crippen molar-refractivity contribution in [3.05, 3.63) is 88.4 Å². The maximum absolute atomic E-state index is 12.4. The summed E-state index contributed by atoms with van der Waals surface area (Å²) in [5.41, 5.74) is 3.57. The van der Waals surface area contributed by atoms with Gasteiger partial charge < -0.3 is 13.9 Å². The van der Waals surface area contributed by atoms with Crippen LogP contribution >= 0.6 is 0 Å². The zero-order valence-corrected chi connectivity index (χ0v) is 16.2. The number of furan rings is 1. The molecule has 28 heavy (non-hydrogen) atoms. The van der Waals surface area contributed by atoms with Crippen molar-refractivity contribution in [1.29, 1.82) is 0 Å². The molecule has 1 aromatic heterocycles. The number of esters is 1. The van der Waals surface area contributed by atoms with Crippen LogP contribution in [0.3, 0.4) is 0 Å². The van der Waals surface area contributed by atoms with Crippen molar-refractivity contribution < 1.29 is 23.5 Å². The average Bonchev–Trinajstić information content (AvgIpc) is 3.17. The summed E-state index contributed by atoms with van der Waals surface area (Å²) in [4.78, 5) is 24.6. The molecule has 0 bridgehead atoms. The van der Waals surface area contributed by atoms with Crippen molar-refractivity contribution in [3.8, 4) is 5.75 Å². The fraction of sp³-hybridized carbons (Fsp3) is 0.217. The molecule has 0 unspecified atom stereocenters. The Kier molecular flexibility index (Phi) is 5.94. The molecule has 0 N–H and O–H groups in total. The van der Waals surface area contributed by atoms with E-state index in [4.69, 9.17) is 13.9 Å². The third-order valence-corrected chi connectivity index (χ3v) is 4.46. The Bertz CT molecular complexity index is 985. The molecule has 3 rings (SSSR count). The molecule has 0 fully saturated rings. The fourth-order valence-corrected chi connectivity index (χ4v) is 2.78. The molecule has 2 aromatic carbocycles. The van der Waals surface area contributed by atoms with Gasteiger partial charge in [0.25, 0.3) is 0 Å². The van der Waals surface area contributed by atoms with Crippen LogP contribution in [0.5, 0.6) is 5.75 Å². The second-order valence-corrected chi connectivity index (χ2v) is 6.62. The number of ether oxygens (including phenoxy) is 2. The number of benzene rings is 2. The fourth-order valence-electron chi connectivity index (χ4n) is 2.78. The second kappa shape index (κ2) is 8.57. The monoisotopic (exact) mass is 378 g/mol. The van der Waals surface area contributed by atoms with Gasteiger partial charge in [-0.25, -0.2) is 4.79 Å². The Morgan fingerprint density at radius 1 is 0.893 bits per heavy atom. The predicted octanol–water partition coefficient (Wildman–Crippen LogP) is 4.82. The molecule has 1 heterocycles. The number of rotatable bonds is 7. The lowest BCUT2D eigenvalue weighted by atomic mass is 9.98. The van der Waals surface area contributed by atoms with E-state index in [1.165, 1.54) is 6.07 Å². The highest BCUT2D eigenvalue weighted by molar-refractivity contribution is 6.00. The number of ketones is 1. The standard InChI is InChI=1S/C23H22O5/c1-15-11-17(3)20(12-16(15)2)21(24)14-27-23(25)22-10-9-19(28-22)13-26-18-7-5-4-6-8-18/h4-12H,13-14H2,1-3H3. The highest BCUT2D eigenvalue weighted by atomic mass is 16.5. The third kappa shape index (κ3) is 4.68. The van der Waals surface area contributed by atoms with Gasteiger partial charge in [-0.3, -0.25) is 4.79 Å². The van der Waals surface area contributed by atoms with E-state index in [1.54, 1.807) is 6.07 Å². The SMILES string of the molecule is Cc1cc(C)c(C(=O)COC(=O)c2ccc(COc3ccccc3)o2)cc1C. The first kappa shape index (κ1) is 19.4. The van der Waals surface area contributed by atoms with Gasteiger partial charge in [0.15, 0.2) is 6.61 Å². The summed E-state index contributed by atoms with van der Waals surface area (Å²) in [5, 5.41) is 0. The van der Waals surface area contributed by atoms with E-state index in [2.05, 4.69) is 0 Å². The van der Waals surface area contributed by atoms with Crippen molar-refractivity contribution in [2.24, 2.45) is 0 Å². The number of hydrogen-bond donors (Lipinski definition) is 0. The van der Waals surface area contributed by atoms with Crippen LogP contribution in [0.15, 0.2) is 59.0 Å². The molecule has 144 valence electrons. The Morgan fingerprint density at radius 2 is 1.61 bits per heavy atom. The minimum absolute atomic E-state index is 0.0382. The number of carbonyl (C=O) groups is 2. The topological polar surface area (TPSA) is 65.7 Å². The van der Waals surface area contributed by atoms with Gasteiger partial charge in [-0.2, -0.15) is 0 Å². The molecule has 0 atom stereocenters. The van der Waals surface area contributed by atoms with Gasteiger partial charge in [0, 0.05) is 5.56 Å². The smallest absolute Gasteiger partial charge is 0.374 e. The van der Waals surface area contributed by atoms with Crippen molar-refractivity contribution in [3.63, 3.8) is 0 Å². The van der Waals surface area contributed by atoms with Gasteiger partial charge in [0.2, 0.25) is 11.5 Å². The summed E-state index contributed by atoms with van der Waals surface area (Å²) < 4.78 is 16.2. The number of carbonyl (C=O) groups excluding carboxylic acids is 2. The Morgan fingerprint density at radius 3 is 2.36 bits per heavy atom. The van der Waals surface area contributed by atoms with E-state index in [0.29, 0.717) is 17.1 Å². The summed E-state index contributed by atoms with van der Waals surface area (Å²) in [6.45, 7) is 5.66. The van der Waals surface area contributed by atoms with Crippen LogP contribution in [0, 0.1) is 20.8 Å². The van der Waals surface area contributed by atoms with E-state index >= 15 is 0 Å². The Labute approximate surface area is 163 Å². The lowest BCUT2D eigenvalue weighted by Gasteiger charge is -2.09. The lowest BCUT2D eigenvalue weighted by Crippen LogP contribution is -2.15. The Hall–Kier alpha value is -3.34. The van der Waals surface area contributed by atoms with Crippen LogP contribution in [0.25, 0.3) is 0 Å². The minimum atomic E-state index is -0.680. The molecule has 0 radical (unpaired) electrons. The number of Topliss-reactive ketones (excluding diaryl/α,β-unsaturated/α-hetero) is 1. The van der Waals surface area contributed by atoms with Crippen LogP contribution in [0.4, 0.5) is 0 Å². The van der Waals surface area contributed by atoms with Crippen LogP contribution in [0.2, 0.25) is 0 Å². The number of para-hydroxylation sites is 1.